The van der Waals surface area contributed by atoms with Crippen LogP contribution in [0.15, 0.2) is 17.0 Å². The van der Waals surface area contributed by atoms with E-state index in [9.17, 15) is 8.42 Å². The Kier molecular flexibility index (Phi) is 5.08. The summed E-state index contributed by atoms with van der Waals surface area (Å²) >= 11 is 11.9. The first-order valence-corrected chi connectivity index (χ1v) is 9.05. The lowest BCUT2D eigenvalue weighted by Gasteiger charge is -2.20. The van der Waals surface area contributed by atoms with E-state index in [-0.39, 0.29) is 16.5 Å². The molecule has 1 fully saturated rings. The van der Waals surface area contributed by atoms with Crippen molar-refractivity contribution >= 4 is 33.2 Å². The Morgan fingerprint density at radius 1 is 1.43 bits per heavy atom. The third-order valence-corrected chi connectivity index (χ3v) is 6.24. The highest BCUT2D eigenvalue weighted by Crippen LogP contribution is 2.40. The summed E-state index contributed by atoms with van der Waals surface area (Å²) < 4.78 is 32.1. The Bertz CT molecular complexity index is 633. The van der Waals surface area contributed by atoms with Crippen molar-refractivity contribution in [3.63, 3.8) is 0 Å². The van der Waals surface area contributed by atoms with Crippen LogP contribution in [0.3, 0.4) is 0 Å². The SMILES string of the molecule is COc1c(CCl)cc(Cl)cc1S(=O)(=O)N(C)CC1CC1C. The molecule has 1 aliphatic rings. The molecular weight excluding hydrogens is 333 g/mol. The Morgan fingerprint density at radius 3 is 2.52 bits per heavy atom. The van der Waals surface area contributed by atoms with Crippen molar-refractivity contribution in [2.24, 2.45) is 11.8 Å². The van der Waals surface area contributed by atoms with Crippen LogP contribution in [0.2, 0.25) is 5.02 Å². The first kappa shape index (κ1) is 16.9. The van der Waals surface area contributed by atoms with E-state index in [4.69, 9.17) is 27.9 Å². The van der Waals surface area contributed by atoms with Gasteiger partial charge in [0.05, 0.1) is 13.0 Å². The summed E-state index contributed by atoms with van der Waals surface area (Å²) in [5.41, 5.74) is 0.568. The lowest BCUT2D eigenvalue weighted by molar-refractivity contribution is 0.392. The highest BCUT2D eigenvalue weighted by molar-refractivity contribution is 7.89. The maximum Gasteiger partial charge on any atom is 0.246 e. The maximum atomic E-state index is 12.7. The number of benzene rings is 1. The molecule has 1 aromatic carbocycles. The fourth-order valence-corrected chi connectivity index (χ4v) is 4.35. The molecule has 4 nitrogen and oxygen atoms in total. The summed E-state index contributed by atoms with van der Waals surface area (Å²) in [5, 5.41) is 0.332. The molecule has 0 aliphatic heterocycles. The number of sulfonamides is 1. The highest BCUT2D eigenvalue weighted by Gasteiger charge is 2.37. The summed E-state index contributed by atoms with van der Waals surface area (Å²) in [6, 6.07) is 3.04. The molecule has 0 bridgehead atoms. The van der Waals surface area contributed by atoms with Crippen LogP contribution in [0.25, 0.3) is 0 Å². The molecule has 0 N–H and O–H groups in total. The number of alkyl halides is 1. The molecule has 0 amide bonds. The standard InChI is InChI=1S/C14H19Cl2NO3S/c1-9-4-11(9)8-17(2)21(18,19)13-6-12(16)5-10(7-15)14(13)20-3/h5-6,9,11H,4,7-8H2,1-3H3. The number of rotatable bonds is 6. The number of nitrogens with zero attached hydrogens (tertiary/aromatic N) is 1. The Labute approximate surface area is 136 Å². The molecule has 21 heavy (non-hydrogen) atoms. The number of hydrogen-bond acceptors (Lipinski definition) is 3. The zero-order chi connectivity index (χ0) is 15.8. The van der Waals surface area contributed by atoms with Gasteiger partial charge in [0, 0.05) is 24.2 Å². The van der Waals surface area contributed by atoms with Crippen molar-refractivity contribution in [3.8, 4) is 5.75 Å². The molecular formula is C14H19Cl2NO3S. The number of ether oxygens (including phenoxy) is 1. The van der Waals surface area contributed by atoms with Gasteiger partial charge in [0.25, 0.3) is 0 Å². The first-order valence-electron chi connectivity index (χ1n) is 6.70. The van der Waals surface area contributed by atoms with E-state index < -0.39 is 10.0 Å². The monoisotopic (exact) mass is 351 g/mol. The molecule has 2 rings (SSSR count). The predicted molar refractivity (Wildman–Crippen MR) is 84.6 cm³/mol. The van der Waals surface area contributed by atoms with E-state index in [0.717, 1.165) is 6.42 Å². The molecule has 7 heteroatoms. The summed E-state index contributed by atoms with van der Waals surface area (Å²) in [6.45, 7) is 2.63. The summed E-state index contributed by atoms with van der Waals surface area (Å²) in [5.74, 6) is 1.42. The van der Waals surface area contributed by atoms with Crippen LogP contribution in [-0.2, 0) is 15.9 Å². The number of hydrogen-bond donors (Lipinski definition) is 0. The van der Waals surface area contributed by atoms with Gasteiger partial charge >= 0.3 is 0 Å². The number of halogens is 2. The normalized spacial score (nSPS) is 21.6. The van der Waals surface area contributed by atoms with Crippen LogP contribution < -0.4 is 4.74 Å². The molecule has 0 heterocycles. The van der Waals surface area contributed by atoms with E-state index in [1.807, 2.05) is 0 Å². The molecule has 1 aromatic rings. The van der Waals surface area contributed by atoms with Gasteiger partial charge in [-0.05, 0) is 30.4 Å². The van der Waals surface area contributed by atoms with Crippen molar-refractivity contribution in [2.75, 3.05) is 20.7 Å². The second-order valence-corrected chi connectivity index (χ2v) is 8.21. The lowest BCUT2D eigenvalue weighted by Crippen LogP contribution is -2.29. The first-order chi connectivity index (χ1) is 9.81. The lowest BCUT2D eigenvalue weighted by atomic mass is 10.2. The van der Waals surface area contributed by atoms with Crippen molar-refractivity contribution in [1.82, 2.24) is 4.31 Å². The summed E-state index contributed by atoms with van der Waals surface area (Å²) in [6.07, 6.45) is 1.07. The second kappa shape index (κ2) is 6.32. The Morgan fingerprint density at radius 2 is 2.05 bits per heavy atom. The minimum absolute atomic E-state index is 0.0731. The average molecular weight is 352 g/mol. The van der Waals surface area contributed by atoms with Crippen molar-refractivity contribution in [3.05, 3.63) is 22.7 Å². The minimum Gasteiger partial charge on any atom is -0.495 e. The maximum absolute atomic E-state index is 12.7. The van der Waals surface area contributed by atoms with Crippen LogP contribution in [0.1, 0.15) is 18.9 Å². The zero-order valence-corrected chi connectivity index (χ0v) is 14.6. The molecule has 1 saturated carbocycles. The molecule has 0 spiro atoms. The van der Waals surface area contributed by atoms with Gasteiger partial charge < -0.3 is 4.74 Å². The zero-order valence-electron chi connectivity index (χ0n) is 12.3. The van der Waals surface area contributed by atoms with Gasteiger partial charge in [-0.3, -0.25) is 0 Å². The van der Waals surface area contributed by atoms with Crippen LogP contribution in [-0.4, -0.2) is 33.4 Å². The number of methoxy groups -OCH3 is 1. The van der Waals surface area contributed by atoms with Crippen molar-refractivity contribution in [2.45, 2.75) is 24.1 Å². The van der Waals surface area contributed by atoms with Gasteiger partial charge in [-0.1, -0.05) is 18.5 Å². The topological polar surface area (TPSA) is 46.6 Å². The van der Waals surface area contributed by atoms with Gasteiger partial charge in [0.15, 0.2) is 0 Å². The predicted octanol–water partition coefficient (Wildman–Crippen LogP) is 3.36. The second-order valence-electron chi connectivity index (χ2n) is 5.49. The van der Waals surface area contributed by atoms with Crippen molar-refractivity contribution in [1.29, 1.82) is 0 Å². The van der Waals surface area contributed by atoms with E-state index in [1.54, 1.807) is 13.1 Å². The van der Waals surface area contributed by atoms with Crippen LogP contribution in [0.5, 0.6) is 5.75 Å². The Hall–Kier alpha value is -0.490. The van der Waals surface area contributed by atoms with E-state index >= 15 is 0 Å². The quantitative estimate of drug-likeness (QED) is 0.738. The molecule has 0 radical (unpaired) electrons. The molecule has 1 aliphatic carbocycles. The molecule has 2 unspecified atom stereocenters. The van der Waals surface area contributed by atoms with E-state index in [2.05, 4.69) is 6.92 Å². The molecule has 2 atom stereocenters. The van der Waals surface area contributed by atoms with E-state index in [0.29, 0.717) is 29.0 Å². The Balaban J connectivity index is 2.40. The fraction of sp³-hybridized carbons (Fsp3) is 0.571. The van der Waals surface area contributed by atoms with Gasteiger partial charge in [-0.15, -0.1) is 11.6 Å². The van der Waals surface area contributed by atoms with Crippen LogP contribution in [0, 0.1) is 11.8 Å². The van der Waals surface area contributed by atoms with Gasteiger partial charge in [-0.2, -0.15) is 0 Å². The van der Waals surface area contributed by atoms with Crippen LogP contribution >= 0.6 is 23.2 Å². The molecule has 0 saturated heterocycles. The van der Waals surface area contributed by atoms with E-state index in [1.165, 1.54) is 17.5 Å². The highest BCUT2D eigenvalue weighted by atomic mass is 35.5. The largest absolute Gasteiger partial charge is 0.495 e. The van der Waals surface area contributed by atoms with Crippen molar-refractivity contribution < 1.29 is 13.2 Å². The third-order valence-electron chi connectivity index (χ3n) is 3.90. The summed E-state index contributed by atoms with van der Waals surface area (Å²) in [7, 11) is -0.634. The summed E-state index contributed by atoms with van der Waals surface area (Å²) in [4.78, 5) is 0.0731. The fourth-order valence-electron chi connectivity index (χ4n) is 2.39. The smallest absolute Gasteiger partial charge is 0.246 e. The van der Waals surface area contributed by atoms with Crippen LogP contribution in [0.4, 0.5) is 0 Å². The third kappa shape index (κ3) is 3.47. The minimum atomic E-state index is -3.65. The average Bonchev–Trinajstić information content (AvgIpc) is 3.12. The van der Waals surface area contributed by atoms with Gasteiger partial charge in [0.1, 0.15) is 10.6 Å². The molecule has 118 valence electrons. The van der Waals surface area contributed by atoms with Gasteiger partial charge in [0.2, 0.25) is 10.0 Å². The van der Waals surface area contributed by atoms with Gasteiger partial charge in [-0.25, -0.2) is 12.7 Å². The molecule has 0 aromatic heterocycles.